The minimum atomic E-state index is -0.601. The van der Waals surface area contributed by atoms with Gasteiger partial charge in [-0.3, -0.25) is 9.59 Å². The van der Waals surface area contributed by atoms with Crippen molar-refractivity contribution in [3.8, 4) is 0 Å². The Balaban J connectivity index is 1.76. The highest BCUT2D eigenvalue weighted by Gasteiger charge is 2.41. The Bertz CT molecular complexity index is 576. The molecule has 0 bridgehead atoms. The molecule has 124 valence electrons. The van der Waals surface area contributed by atoms with Gasteiger partial charge < -0.3 is 16.0 Å². The largest absolute Gasteiger partial charge is 0.371 e. The number of rotatable bonds is 4. The molecule has 2 amide bonds. The normalized spacial score (nSPS) is 23.2. The van der Waals surface area contributed by atoms with Crippen LogP contribution in [0.1, 0.15) is 44.1 Å². The van der Waals surface area contributed by atoms with Gasteiger partial charge in [0.05, 0.1) is 0 Å². The smallest absolute Gasteiger partial charge is 0.246 e. The van der Waals surface area contributed by atoms with E-state index in [1.807, 2.05) is 31.2 Å². The zero-order valence-corrected chi connectivity index (χ0v) is 13.7. The molecule has 1 aromatic carbocycles. The molecular formula is C18H25N3O2. The van der Waals surface area contributed by atoms with E-state index in [4.69, 9.17) is 0 Å². The lowest BCUT2D eigenvalue weighted by Crippen LogP contribution is -2.57. The molecule has 1 saturated heterocycles. The van der Waals surface area contributed by atoms with Crippen molar-refractivity contribution in [2.45, 2.75) is 57.0 Å². The summed E-state index contributed by atoms with van der Waals surface area (Å²) in [5.41, 5.74) is 1.56. The summed E-state index contributed by atoms with van der Waals surface area (Å²) in [5, 5.41) is 9.20. The zero-order valence-electron chi connectivity index (χ0n) is 13.7. The number of carbonyl (C=O) groups is 2. The first-order valence-corrected chi connectivity index (χ1v) is 8.53. The van der Waals surface area contributed by atoms with E-state index < -0.39 is 5.54 Å². The van der Waals surface area contributed by atoms with Crippen molar-refractivity contribution in [3.05, 3.63) is 29.8 Å². The van der Waals surface area contributed by atoms with Gasteiger partial charge in [-0.2, -0.15) is 0 Å². The van der Waals surface area contributed by atoms with Crippen LogP contribution in [-0.4, -0.2) is 29.9 Å². The first kappa shape index (κ1) is 15.8. The third-order valence-corrected chi connectivity index (χ3v) is 4.93. The Kier molecular flexibility index (Phi) is 4.55. The number of aryl methyl sites for hydroxylation is 1. The highest BCUT2D eigenvalue weighted by Crippen LogP contribution is 2.32. The summed E-state index contributed by atoms with van der Waals surface area (Å²) in [6.07, 6.45) is 5.51. The standard InChI is InChI=1S/C18H25N3O2/c1-13-5-7-14(8-6-13)21-18(10-3-2-4-11-18)17(23)20-15-9-12-19-16(15)22/h5-8,15,21H,2-4,9-12H2,1H3,(H,19,22)(H,20,23). The van der Waals surface area contributed by atoms with Crippen LogP contribution in [0.15, 0.2) is 24.3 Å². The van der Waals surface area contributed by atoms with Crippen molar-refractivity contribution in [1.82, 2.24) is 10.6 Å². The summed E-state index contributed by atoms with van der Waals surface area (Å²) < 4.78 is 0. The van der Waals surface area contributed by atoms with E-state index in [2.05, 4.69) is 16.0 Å². The predicted octanol–water partition coefficient (Wildman–Crippen LogP) is 2.11. The minimum Gasteiger partial charge on any atom is -0.371 e. The van der Waals surface area contributed by atoms with Crippen molar-refractivity contribution in [1.29, 1.82) is 0 Å². The quantitative estimate of drug-likeness (QED) is 0.797. The van der Waals surface area contributed by atoms with E-state index in [1.54, 1.807) is 0 Å². The number of benzene rings is 1. The van der Waals surface area contributed by atoms with E-state index in [1.165, 1.54) is 5.56 Å². The summed E-state index contributed by atoms with van der Waals surface area (Å²) in [6.45, 7) is 2.69. The highest BCUT2D eigenvalue weighted by atomic mass is 16.2. The first-order chi connectivity index (χ1) is 11.1. The van der Waals surface area contributed by atoms with Gasteiger partial charge >= 0.3 is 0 Å². The van der Waals surface area contributed by atoms with Gasteiger partial charge in [-0.15, -0.1) is 0 Å². The van der Waals surface area contributed by atoms with Crippen LogP contribution in [-0.2, 0) is 9.59 Å². The van der Waals surface area contributed by atoms with Crippen molar-refractivity contribution in [2.24, 2.45) is 0 Å². The second-order valence-corrected chi connectivity index (χ2v) is 6.74. The molecule has 3 rings (SSSR count). The number of hydrogen-bond acceptors (Lipinski definition) is 3. The maximum absolute atomic E-state index is 12.9. The molecule has 1 aromatic rings. The average Bonchev–Trinajstić information content (AvgIpc) is 2.96. The molecule has 23 heavy (non-hydrogen) atoms. The molecule has 1 aliphatic heterocycles. The van der Waals surface area contributed by atoms with E-state index in [0.717, 1.165) is 37.8 Å². The molecule has 1 saturated carbocycles. The number of nitrogens with one attached hydrogen (secondary N) is 3. The summed E-state index contributed by atoms with van der Waals surface area (Å²) in [5.74, 6) is -0.112. The minimum absolute atomic E-state index is 0.0418. The molecule has 1 heterocycles. The Labute approximate surface area is 137 Å². The third-order valence-electron chi connectivity index (χ3n) is 4.93. The first-order valence-electron chi connectivity index (χ1n) is 8.53. The van der Waals surface area contributed by atoms with E-state index >= 15 is 0 Å². The van der Waals surface area contributed by atoms with Crippen LogP contribution in [0.25, 0.3) is 0 Å². The molecule has 0 aromatic heterocycles. The van der Waals surface area contributed by atoms with Gasteiger partial charge in [-0.05, 0) is 38.3 Å². The molecule has 3 N–H and O–H groups in total. The summed E-state index contributed by atoms with van der Waals surface area (Å²) >= 11 is 0. The lowest BCUT2D eigenvalue weighted by Gasteiger charge is -2.38. The predicted molar refractivity (Wildman–Crippen MR) is 90.2 cm³/mol. The van der Waals surface area contributed by atoms with Gasteiger partial charge in [0.2, 0.25) is 11.8 Å². The van der Waals surface area contributed by atoms with Gasteiger partial charge in [0.15, 0.2) is 0 Å². The molecular weight excluding hydrogens is 290 g/mol. The van der Waals surface area contributed by atoms with Gasteiger partial charge in [0, 0.05) is 12.2 Å². The van der Waals surface area contributed by atoms with Crippen molar-refractivity contribution < 1.29 is 9.59 Å². The van der Waals surface area contributed by atoms with Crippen molar-refractivity contribution >= 4 is 17.5 Å². The molecule has 1 unspecified atom stereocenters. The fourth-order valence-corrected chi connectivity index (χ4v) is 3.51. The average molecular weight is 315 g/mol. The summed E-state index contributed by atoms with van der Waals surface area (Å²) in [6, 6.07) is 7.73. The molecule has 5 nitrogen and oxygen atoms in total. The monoisotopic (exact) mass is 315 g/mol. The number of hydrogen-bond donors (Lipinski definition) is 3. The topological polar surface area (TPSA) is 70.2 Å². The number of anilines is 1. The van der Waals surface area contributed by atoms with Crippen LogP contribution in [0.5, 0.6) is 0 Å². The second-order valence-electron chi connectivity index (χ2n) is 6.74. The fourth-order valence-electron chi connectivity index (χ4n) is 3.51. The number of amides is 2. The van der Waals surface area contributed by atoms with Crippen molar-refractivity contribution in [3.63, 3.8) is 0 Å². The van der Waals surface area contributed by atoms with Gasteiger partial charge in [-0.1, -0.05) is 37.0 Å². The Hall–Kier alpha value is -2.04. The van der Waals surface area contributed by atoms with E-state index in [-0.39, 0.29) is 17.9 Å². The van der Waals surface area contributed by atoms with Gasteiger partial charge in [-0.25, -0.2) is 0 Å². The molecule has 5 heteroatoms. The van der Waals surface area contributed by atoms with Crippen LogP contribution in [0, 0.1) is 6.92 Å². The summed E-state index contributed by atoms with van der Waals surface area (Å²) in [4.78, 5) is 24.7. The Morgan fingerprint density at radius 3 is 2.48 bits per heavy atom. The third kappa shape index (κ3) is 3.49. The Morgan fingerprint density at radius 1 is 1.17 bits per heavy atom. The maximum Gasteiger partial charge on any atom is 0.246 e. The molecule has 0 radical (unpaired) electrons. The fraction of sp³-hybridized carbons (Fsp3) is 0.556. The van der Waals surface area contributed by atoms with Crippen LogP contribution in [0.4, 0.5) is 5.69 Å². The lowest BCUT2D eigenvalue weighted by molar-refractivity contribution is -0.130. The molecule has 1 atom stereocenters. The van der Waals surface area contributed by atoms with E-state index in [0.29, 0.717) is 13.0 Å². The summed E-state index contributed by atoms with van der Waals surface area (Å²) in [7, 11) is 0. The Morgan fingerprint density at radius 2 is 1.87 bits per heavy atom. The molecule has 2 fully saturated rings. The van der Waals surface area contributed by atoms with Gasteiger partial charge in [0.25, 0.3) is 0 Å². The van der Waals surface area contributed by atoms with Crippen LogP contribution in [0.2, 0.25) is 0 Å². The van der Waals surface area contributed by atoms with Crippen LogP contribution < -0.4 is 16.0 Å². The maximum atomic E-state index is 12.9. The second kappa shape index (κ2) is 6.60. The van der Waals surface area contributed by atoms with Crippen molar-refractivity contribution in [2.75, 3.05) is 11.9 Å². The number of carbonyl (C=O) groups excluding carboxylic acids is 2. The zero-order chi connectivity index (χ0) is 16.3. The SMILES string of the molecule is Cc1ccc(NC2(C(=O)NC3CCNC3=O)CCCCC2)cc1. The van der Waals surface area contributed by atoms with Crippen LogP contribution in [0.3, 0.4) is 0 Å². The van der Waals surface area contributed by atoms with E-state index in [9.17, 15) is 9.59 Å². The van der Waals surface area contributed by atoms with Gasteiger partial charge in [0.1, 0.15) is 11.6 Å². The molecule has 2 aliphatic rings. The van der Waals surface area contributed by atoms with Crippen LogP contribution >= 0.6 is 0 Å². The molecule has 1 aliphatic carbocycles. The highest BCUT2D eigenvalue weighted by molar-refractivity contribution is 5.94. The molecule has 0 spiro atoms. The lowest BCUT2D eigenvalue weighted by atomic mass is 9.80.